The van der Waals surface area contributed by atoms with Gasteiger partial charge in [-0.05, 0) is 36.1 Å². The van der Waals surface area contributed by atoms with Gasteiger partial charge in [-0.3, -0.25) is 4.68 Å². The van der Waals surface area contributed by atoms with Crippen LogP contribution in [0.5, 0.6) is 6.01 Å². The second-order valence-electron chi connectivity index (χ2n) is 9.72. The lowest BCUT2D eigenvalue weighted by molar-refractivity contribution is 0.00706. The molecule has 3 N–H and O–H groups in total. The number of benzene rings is 1. The van der Waals surface area contributed by atoms with Gasteiger partial charge in [0, 0.05) is 24.4 Å². The van der Waals surface area contributed by atoms with Crippen molar-refractivity contribution in [3.63, 3.8) is 0 Å². The Morgan fingerprint density at radius 2 is 2.05 bits per heavy atom. The van der Waals surface area contributed by atoms with Gasteiger partial charge in [0.05, 0.1) is 36.0 Å². The van der Waals surface area contributed by atoms with Gasteiger partial charge >= 0.3 is 0 Å². The van der Waals surface area contributed by atoms with Crippen LogP contribution >= 0.6 is 11.6 Å². The maximum Gasteiger partial charge on any atom is 0.296 e. The molecule has 10 nitrogen and oxygen atoms in total. The predicted octanol–water partition coefficient (Wildman–Crippen LogP) is 3.16. The van der Waals surface area contributed by atoms with E-state index in [1.165, 1.54) is 0 Å². The number of aliphatic hydroxyl groups excluding tert-OH is 1. The summed E-state index contributed by atoms with van der Waals surface area (Å²) in [5, 5.41) is 17.8. The van der Waals surface area contributed by atoms with E-state index in [0.717, 1.165) is 23.1 Å². The highest BCUT2D eigenvalue weighted by atomic mass is 35.5. The van der Waals surface area contributed by atoms with E-state index in [9.17, 15) is 5.11 Å². The SMILES string of the molecule is Cn1cc(-c2cc(F)c3c(c2)CC[C@@H]3Nc2nc3nc(O[C@@H]4CO[C@H]5[C@@H]4OC[C@H]5O)[nH]c3cc2Cl)cn1. The third kappa shape index (κ3) is 3.93. The van der Waals surface area contributed by atoms with E-state index in [2.05, 4.69) is 25.4 Å². The number of anilines is 1. The first kappa shape index (κ1) is 22.9. The van der Waals surface area contributed by atoms with Crippen LogP contribution in [0.15, 0.2) is 30.6 Å². The second kappa shape index (κ2) is 8.66. The fraction of sp³-hybridized carbons (Fsp3) is 0.400. The van der Waals surface area contributed by atoms with Crippen molar-refractivity contribution in [2.75, 3.05) is 18.5 Å². The molecule has 2 aliphatic heterocycles. The molecule has 1 aliphatic carbocycles. The molecular formula is C25H24ClFN6O4. The molecule has 12 heteroatoms. The number of hydrogen-bond donors (Lipinski definition) is 3. The number of aromatic nitrogens is 5. The van der Waals surface area contributed by atoms with Crippen molar-refractivity contribution < 1.29 is 23.7 Å². The first-order valence-corrected chi connectivity index (χ1v) is 12.5. The number of aliphatic hydroxyl groups is 1. The van der Waals surface area contributed by atoms with Crippen molar-refractivity contribution in [2.45, 2.75) is 43.3 Å². The lowest BCUT2D eigenvalue weighted by Crippen LogP contribution is -2.34. The minimum Gasteiger partial charge on any atom is -0.456 e. The molecule has 4 aromatic rings. The average molecular weight is 527 g/mol. The van der Waals surface area contributed by atoms with Crippen LogP contribution in [0.25, 0.3) is 22.3 Å². The van der Waals surface area contributed by atoms with Crippen LogP contribution in [0.3, 0.4) is 0 Å². The molecule has 3 aromatic heterocycles. The molecule has 7 rings (SSSR count). The van der Waals surface area contributed by atoms with Crippen LogP contribution in [-0.4, -0.2) is 67.5 Å². The maximum absolute atomic E-state index is 15.3. The molecule has 37 heavy (non-hydrogen) atoms. The fourth-order valence-electron chi connectivity index (χ4n) is 5.50. The molecule has 1 aromatic carbocycles. The Hall–Kier alpha value is -3.25. The van der Waals surface area contributed by atoms with Gasteiger partial charge in [-0.25, -0.2) is 9.37 Å². The summed E-state index contributed by atoms with van der Waals surface area (Å²) in [6.07, 6.45) is 3.25. The Labute approximate surface area is 215 Å². The van der Waals surface area contributed by atoms with Crippen LogP contribution in [0.2, 0.25) is 5.02 Å². The van der Waals surface area contributed by atoms with Gasteiger partial charge in [0.1, 0.15) is 29.9 Å². The van der Waals surface area contributed by atoms with Crippen LogP contribution in [-0.2, 0) is 22.9 Å². The number of aromatic amines is 1. The molecule has 0 spiro atoms. The Kier molecular flexibility index (Phi) is 5.36. The van der Waals surface area contributed by atoms with Gasteiger partial charge in [0.15, 0.2) is 11.8 Å². The third-order valence-corrected chi connectivity index (χ3v) is 7.55. The highest BCUT2D eigenvalue weighted by Gasteiger charge is 2.48. The molecule has 3 aliphatic rings. The molecular weight excluding hydrogens is 503 g/mol. The number of ether oxygens (including phenoxy) is 3. The molecule has 0 radical (unpaired) electrons. The van der Waals surface area contributed by atoms with E-state index >= 15 is 4.39 Å². The molecule has 0 unspecified atom stereocenters. The summed E-state index contributed by atoms with van der Waals surface area (Å²) in [5.41, 5.74) is 4.29. The zero-order valence-electron chi connectivity index (χ0n) is 19.8. The Morgan fingerprint density at radius 1 is 1.19 bits per heavy atom. The van der Waals surface area contributed by atoms with E-state index in [1.54, 1.807) is 23.0 Å². The number of rotatable bonds is 5. The summed E-state index contributed by atoms with van der Waals surface area (Å²) in [7, 11) is 1.84. The van der Waals surface area contributed by atoms with Crippen LogP contribution in [0.4, 0.5) is 10.2 Å². The zero-order chi connectivity index (χ0) is 25.3. The van der Waals surface area contributed by atoms with Gasteiger partial charge in [-0.15, -0.1) is 0 Å². The number of halogens is 2. The van der Waals surface area contributed by atoms with Gasteiger partial charge in [0.2, 0.25) is 0 Å². The average Bonchev–Trinajstić information content (AvgIpc) is 3.67. The Bertz CT molecular complexity index is 1510. The molecule has 2 saturated heterocycles. The molecule has 5 atom stereocenters. The fourth-order valence-corrected chi connectivity index (χ4v) is 5.71. The van der Waals surface area contributed by atoms with Gasteiger partial charge < -0.3 is 29.6 Å². The van der Waals surface area contributed by atoms with E-state index in [1.807, 2.05) is 19.3 Å². The monoisotopic (exact) mass is 526 g/mol. The van der Waals surface area contributed by atoms with Crippen molar-refractivity contribution >= 4 is 28.6 Å². The minimum atomic E-state index is -0.657. The molecule has 192 valence electrons. The van der Waals surface area contributed by atoms with Gasteiger partial charge in [-0.2, -0.15) is 10.1 Å². The van der Waals surface area contributed by atoms with Crippen molar-refractivity contribution in [3.05, 3.63) is 52.6 Å². The molecule has 0 amide bonds. The molecule has 5 heterocycles. The summed E-state index contributed by atoms with van der Waals surface area (Å²) in [4.78, 5) is 12.1. The van der Waals surface area contributed by atoms with E-state index in [-0.39, 0.29) is 30.6 Å². The van der Waals surface area contributed by atoms with Crippen LogP contribution in [0.1, 0.15) is 23.6 Å². The number of H-pyrrole nitrogens is 1. The van der Waals surface area contributed by atoms with Crippen molar-refractivity contribution in [3.8, 4) is 17.1 Å². The lowest BCUT2D eigenvalue weighted by atomic mass is 10.0. The minimum absolute atomic E-state index is 0.219. The molecule has 0 saturated carbocycles. The third-order valence-electron chi connectivity index (χ3n) is 7.26. The van der Waals surface area contributed by atoms with E-state index in [0.29, 0.717) is 40.6 Å². The number of pyridine rings is 1. The molecule has 2 fully saturated rings. The maximum atomic E-state index is 15.3. The Balaban J connectivity index is 1.12. The summed E-state index contributed by atoms with van der Waals surface area (Å²) in [5.74, 6) is 0.155. The van der Waals surface area contributed by atoms with Crippen LogP contribution < -0.4 is 10.1 Å². The number of aryl methyl sites for hydroxylation is 2. The summed E-state index contributed by atoms with van der Waals surface area (Å²) < 4.78 is 34.2. The smallest absolute Gasteiger partial charge is 0.296 e. The number of hydrogen-bond acceptors (Lipinski definition) is 8. The highest BCUT2D eigenvalue weighted by molar-refractivity contribution is 6.33. The largest absolute Gasteiger partial charge is 0.456 e. The first-order valence-electron chi connectivity index (χ1n) is 12.1. The van der Waals surface area contributed by atoms with E-state index < -0.39 is 18.3 Å². The summed E-state index contributed by atoms with van der Waals surface area (Å²) in [6, 6.07) is 5.28. The summed E-state index contributed by atoms with van der Waals surface area (Å²) >= 11 is 6.54. The molecule has 0 bridgehead atoms. The van der Waals surface area contributed by atoms with Crippen molar-refractivity contribution in [2.24, 2.45) is 7.05 Å². The van der Waals surface area contributed by atoms with Gasteiger partial charge in [-0.1, -0.05) is 17.7 Å². The normalized spacial score (nSPS) is 26.5. The highest BCUT2D eigenvalue weighted by Crippen LogP contribution is 2.39. The number of imidazole rings is 1. The lowest BCUT2D eigenvalue weighted by Gasteiger charge is -2.17. The second-order valence-corrected chi connectivity index (χ2v) is 10.1. The van der Waals surface area contributed by atoms with Crippen molar-refractivity contribution in [1.82, 2.24) is 24.7 Å². The predicted molar refractivity (Wildman–Crippen MR) is 132 cm³/mol. The number of fused-ring (bicyclic) bond motifs is 3. The standard InChI is InChI=1S/C25H24ClFN6O4/c1-33-8-13(7-28-33)12-4-11-2-3-16(20(11)15(27)5-12)29-23-14(26)6-17-24(31-23)32-25(30-17)37-19-10-36-21-18(34)9-35-22(19)21/h4-8,16,18-19,21-22,34H,2-3,9-10H2,1H3,(H2,29,30,31,32)/t16-,18+,19+,21+,22+/m0/s1. The van der Waals surface area contributed by atoms with Gasteiger partial charge in [0.25, 0.3) is 6.01 Å². The van der Waals surface area contributed by atoms with Crippen molar-refractivity contribution in [1.29, 1.82) is 0 Å². The van der Waals surface area contributed by atoms with Crippen LogP contribution in [0, 0.1) is 5.82 Å². The zero-order valence-corrected chi connectivity index (χ0v) is 20.6. The topological polar surface area (TPSA) is 119 Å². The first-order chi connectivity index (χ1) is 17.9. The quantitative estimate of drug-likeness (QED) is 0.363. The number of nitrogens with zero attached hydrogens (tertiary/aromatic N) is 4. The number of nitrogens with one attached hydrogen (secondary N) is 2. The Morgan fingerprint density at radius 3 is 2.89 bits per heavy atom. The van der Waals surface area contributed by atoms with E-state index in [4.69, 9.17) is 25.8 Å². The summed E-state index contributed by atoms with van der Waals surface area (Å²) in [6.45, 7) is 0.511.